The molecule has 2 saturated carbocycles. The van der Waals surface area contributed by atoms with E-state index in [9.17, 15) is 4.79 Å². The van der Waals surface area contributed by atoms with Gasteiger partial charge in [-0.25, -0.2) is 9.97 Å². The predicted molar refractivity (Wildman–Crippen MR) is 119 cm³/mol. The Hall–Kier alpha value is -1.95. The van der Waals surface area contributed by atoms with Crippen LogP contribution in [0.15, 0.2) is 6.07 Å². The van der Waals surface area contributed by atoms with Crippen molar-refractivity contribution in [3.63, 3.8) is 0 Å². The number of fused-ring (bicyclic) bond motifs is 2. The minimum atomic E-state index is 0.194. The fraction of sp³-hybridized carbons (Fsp3) is 0.625. The van der Waals surface area contributed by atoms with Gasteiger partial charge < -0.3 is 9.80 Å². The van der Waals surface area contributed by atoms with E-state index in [2.05, 4.69) is 36.6 Å². The highest BCUT2D eigenvalue weighted by Crippen LogP contribution is 2.59. The van der Waals surface area contributed by atoms with Gasteiger partial charge >= 0.3 is 0 Å². The summed E-state index contributed by atoms with van der Waals surface area (Å²) in [6, 6.07) is 2.50. The van der Waals surface area contributed by atoms with Gasteiger partial charge in [0.25, 0.3) is 5.91 Å². The van der Waals surface area contributed by atoms with Crippen molar-refractivity contribution in [3.05, 3.63) is 38.5 Å². The number of amides is 1. The Morgan fingerprint density at radius 3 is 2.63 bits per heavy atom. The number of carbonyl (C=O) groups is 1. The molecule has 30 heavy (non-hydrogen) atoms. The van der Waals surface area contributed by atoms with Gasteiger partial charge in [0.15, 0.2) is 0 Å². The van der Waals surface area contributed by atoms with Gasteiger partial charge in [-0.05, 0) is 43.2 Å². The quantitative estimate of drug-likeness (QED) is 0.711. The average molecular weight is 423 g/mol. The summed E-state index contributed by atoms with van der Waals surface area (Å²) in [6.07, 6.45) is 7.03. The molecule has 0 bridgehead atoms. The summed E-state index contributed by atoms with van der Waals surface area (Å²) in [7, 11) is 0. The highest BCUT2D eigenvalue weighted by molar-refractivity contribution is 7.11. The van der Waals surface area contributed by atoms with Crippen molar-refractivity contribution in [2.75, 3.05) is 11.4 Å². The van der Waals surface area contributed by atoms with Gasteiger partial charge in [0.1, 0.15) is 5.82 Å². The summed E-state index contributed by atoms with van der Waals surface area (Å²) in [4.78, 5) is 28.9. The van der Waals surface area contributed by atoms with Crippen LogP contribution in [0.3, 0.4) is 0 Å². The van der Waals surface area contributed by atoms with Gasteiger partial charge in [0.2, 0.25) is 0 Å². The first-order valence-corrected chi connectivity index (χ1v) is 12.3. The smallest absolute Gasteiger partial charge is 0.256 e. The van der Waals surface area contributed by atoms with Crippen LogP contribution in [0.5, 0.6) is 0 Å². The fourth-order valence-corrected chi connectivity index (χ4v) is 7.04. The maximum absolute atomic E-state index is 13.0. The lowest BCUT2D eigenvalue weighted by Gasteiger charge is -2.28. The first-order chi connectivity index (χ1) is 14.4. The number of carbonyl (C=O) groups excluding carboxylic acids is 1. The molecular weight excluding hydrogens is 392 g/mol. The minimum absolute atomic E-state index is 0.194. The summed E-state index contributed by atoms with van der Waals surface area (Å²) >= 11 is 1.91. The van der Waals surface area contributed by atoms with E-state index in [0.717, 1.165) is 55.0 Å². The minimum Gasteiger partial charge on any atom is -0.351 e. The normalized spacial score (nSPS) is 25.0. The van der Waals surface area contributed by atoms with Crippen LogP contribution in [0.2, 0.25) is 0 Å². The molecule has 1 atom stereocenters. The highest BCUT2D eigenvalue weighted by atomic mass is 32.1. The molecule has 4 aliphatic rings. The number of anilines is 1. The zero-order valence-electron chi connectivity index (χ0n) is 18.2. The lowest BCUT2D eigenvalue weighted by atomic mass is 10.1. The molecule has 0 N–H and O–H groups in total. The molecular formula is C24H30N4OS. The number of thiazole rings is 1. The molecule has 6 rings (SSSR count). The van der Waals surface area contributed by atoms with Gasteiger partial charge in [-0.2, -0.15) is 0 Å². The van der Waals surface area contributed by atoms with E-state index in [-0.39, 0.29) is 5.91 Å². The lowest BCUT2D eigenvalue weighted by molar-refractivity contribution is 0.0706. The summed E-state index contributed by atoms with van der Waals surface area (Å²) in [5.74, 6) is 1.90. The summed E-state index contributed by atoms with van der Waals surface area (Å²) in [6.45, 7) is 9.34. The van der Waals surface area contributed by atoms with Crippen LogP contribution >= 0.6 is 11.3 Å². The van der Waals surface area contributed by atoms with E-state index < -0.39 is 0 Å². The Morgan fingerprint density at radius 1 is 1.13 bits per heavy atom. The number of rotatable bonds is 3. The molecule has 6 heteroatoms. The third-order valence-corrected chi connectivity index (χ3v) is 8.90. The van der Waals surface area contributed by atoms with Crippen molar-refractivity contribution >= 4 is 23.1 Å². The molecule has 2 aromatic heterocycles. The third kappa shape index (κ3) is 2.90. The third-order valence-electron chi connectivity index (χ3n) is 7.70. The molecule has 2 fully saturated rings. The number of hydrogen-bond acceptors (Lipinski definition) is 5. The van der Waals surface area contributed by atoms with Crippen molar-refractivity contribution in [2.45, 2.75) is 84.3 Å². The van der Waals surface area contributed by atoms with E-state index in [0.29, 0.717) is 23.9 Å². The van der Waals surface area contributed by atoms with Gasteiger partial charge in [-0.3, -0.25) is 4.79 Å². The molecule has 2 aliphatic heterocycles. The second kappa shape index (κ2) is 6.52. The first kappa shape index (κ1) is 18.8. The molecule has 5 nitrogen and oxygen atoms in total. The van der Waals surface area contributed by atoms with Crippen molar-refractivity contribution in [2.24, 2.45) is 5.41 Å². The number of aryl methyl sites for hydroxylation is 1. The molecule has 1 amide bonds. The van der Waals surface area contributed by atoms with Crippen LogP contribution in [0.4, 0.5) is 5.82 Å². The molecule has 0 aromatic carbocycles. The topological polar surface area (TPSA) is 49.3 Å². The molecule has 1 unspecified atom stereocenters. The summed E-state index contributed by atoms with van der Waals surface area (Å²) in [5.41, 5.74) is 4.65. The number of hydrogen-bond donors (Lipinski definition) is 0. The maximum Gasteiger partial charge on any atom is 0.256 e. The molecule has 0 saturated heterocycles. The van der Waals surface area contributed by atoms with Gasteiger partial charge in [-0.15, -0.1) is 11.3 Å². The van der Waals surface area contributed by atoms with Crippen LogP contribution in [0.1, 0.15) is 89.1 Å². The Morgan fingerprint density at radius 2 is 1.90 bits per heavy atom. The monoisotopic (exact) mass is 422 g/mol. The van der Waals surface area contributed by atoms with Gasteiger partial charge in [0, 0.05) is 29.8 Å². The average Bonchev–Trinajstić information content (AvgIpc) is 3.17. The van der Waals surface area contributed by atoms with Crippen molar-refractivity contribution in [1.82, 2.24) is 14.9 Å². The van der Waals surface area contributed by atoms with E-state index in [1.54, 1.807) is 0 Å². The Bertz CT molecular complexity index is 1040. The lowest BCUT2D eigenvalue weighted by Crippen LogP contribution is -2.33. The van der Waals surface area contributed by atoms with E-state index in [1.165, 1.54) is 34.8 Å². The van der Waals surface area contributed by atoms with Crippen LogP contribution in [0, 0.1) is 12.3 Å². The zero-order chi connectivity index (χ0) is 20.6. The van der Waals surface area contributed by atoms with Gasteiger partial charge in [-0.1, -0.05) is 26.7 Å². The number of nitrogens with zero attached hydrogens (tertiary/aromatic N) is 4. The van der Waals surface area contributed by atoms with Crippen molar-refractivity contribution in [1.29, 1.82) is 0 Å². The van der Waals surface area contributed by atoms with Crippen LogP contribution < -0.4 is 4.90 Å². The molecule has 4 heterocycles. The Balaban J connectivity index is 1.25. The standard InChI is InChI=1S/C24H30N4OS/c1-14-10-16-19(12-28(23(16)29)15-6-4-5-7-15)25-21(14)27-9-8-18-20(13-27)30-22(26-18)17-11-24(17,2)3/h10,15,17H,4-9,11-13H2,1-3H3. The van der Waals surface area contributed by atoms with Crippen LogP contribution in [-0.2, 0) is 19.5 Å². The van der Waals surface area contributed by atoms with Crippen LogP contribution in [-0.4, -0.2) is 33.4 Å². The number of pyridine rings is 1. The van der Waals surface area contributed by atoms with Crippen molar-refractivity contribution < 1.29 is 4.79 Å². The van der Waals surface area contributed by atoms with Gasteiger partial charge in [0.05, 0.1) is 35.0 Å². The molecule has 0 spiro atoms. The predicted octanol–water partition coefficient (Wildman–Crippen LogP) is 4.82. The highest BCUT2D eigenvalue weighted by Gasteiger charge is 2.48. The fourth-order valence-electron chi connectivity index (χ4n) is 5.60. The first-order valence-electron chi connectivity index (χ1n) is 11.5. The zero-order valence-corrected chi connectivity index (χ0v) is 19.0. The Labute approximate surface area is 182 Å². The molecule has 2 aromatic rings. The Kier molecular flexibility index (Phi) is 4.09. The van der Waals surface area contributed by atoms with E-state index in [1.807, 2.05) is 11.3 Å². The molecule has 158 valence electrons. The van der Waals surface area contributed by atoms with E-state index in [4.69, 9.17) is 9.97 Å². The van der Waals surface area contributed by atoms with Crippen molar-refractivity contribution in [3.8, 4) is 0 Å². The number of aromatic nitrogens is 2. The summed E-state index contributed by atoms with van der Waals surface area (Å²) in [5, 5.41) is 1.34. The van der Waals surface area contributed by atoms with Crippen LogP contribution in [0.25, 0.3) is 0 Å². The molecule has 0 radical (unpaired) electrons. The SMILES string of the molecule is Cc1cc2c(nc1N1CCc3nc(C4CC4(C)C)sc3C1)CN(C1CCCC1)C2=O. The second-order valence-corrected chi connectivity index (χ2v) is 11.4. The van der Waals surface area contributed by atoms with E-state index >= 15 is 0 Å². The molecule has 2 aliphatic carbocycles. The second-order valence-electron chi connectivity index (χ2n) is 10.3. The largest absolute Gasteiger partial charge is 0.351 e. The maximum atomic E-state index is 13.0. The summed E-state index contributed by atoms with van der Waals surface area (Å²) < 4.78 is 0.